The fourth-order valence-corrected chi connectivity index (χ4v) is 33.7. The minimum atomic E-state index is -1.74. The van der Waals surface area contributed by atoms with E-state index in [1.165, 1.54) is 27.4 Å². The van der Waals surface area contributed by atoms with Crippen molar-refractivity contribution < 1.29 is 17.7 Å². The predicted molar refractivity (Wildman–Crippen MR) is 133 cm³/mol. The van der Waals surface area contributed by atoms with Gasteiger partial charge in [-0.2, -0.15) is 0 Å². The van der Waals surface area contributed by atoms with Crippen LogP contribution in [0.15, 0.2) is 24.3 Å². The summed E-state index contributed by atoms with van der Waals surface area (Å²) in [4.78, 5) is 0. The second-order valence-corrected chi connectivity index (χ2v) is 26.4. The standard InChI is InChI=1S/C13H22O2Si2.C8H20O2Si2/c1-5-14-16(3)11-17(4,15-6-2)13-10-8-7-9-12(13)16;1-5-9-11(3)7-12(4,8-11)10-6-2/h7-10H,5-6,11H2,1-4H3;5-8H2,1-4H3. The molecule has 2 aliphatic heterocycles. The van der Waals surface area contributed by atoms with Gasteiger partial charge in [0.2, 0.25) is 16.6 Å². The molecular weight excluding hydrogens is 429 g/mol. The number of benzene rings is 1. The van der Waals surface area contributed by atoms with Crippen LogP contribution in [0.25, 0.3) is 0 Å². The van der Waals surface area contributed by atoms with E-state index in [1.54, 1.807) is 0 Å². The summed E-state index contributed by atoms with van der Waals surface area (Å²) in [6, 6.07) is 8.79. The van der Waals surface area contributed by atoms with Crippen molar-refractivity contribution in [3.63, 3.8) is 0 Å². The van der Waals surface area contributed by atoms with Crippen LogP contribution in [0.4, 0.5) is 0 Å². The van der Waals surface area contributed by atoms with Gasteiger partial charge in [-0.05, 0) is 81.3 Å². The monoisotopic (exact) mass is 470 g/mol. The van der Waals surface area contributed by atoms with Gasteiger partial charge < -0.3 is 17.7 Å². The van der Waals surface area contributed by atoms with Gasteiger partial charge in [0.15, 0.2) is 16.6 Å². The van der Waals surface area contributed by atoms with Crippen molar-refractivity contribution in [2.45, 2.75) is 70.9 Å². The molecule has 2 unspecified atom stereocenters. The second-order valence-electron chi connectivity index (χ2n) is 9.17. The highest BCUT2D eigenvalue weighted by Gasteiger charge is 2.55. The third kappa shape index (κ3) is 5.79. The summed E-state index contributed by atoms with van der Waals surface area (Å²) in [5, 5.41) is 2.95. The third-order valence-electron chi connectivity index (χ3n) is 6.15. The van der Waals surface area contributed by atoms with E-state index in [0.717, 1.165) is 26.4 Å². The molecule has 4 nitrogen and oxygen atoms in total. The number of hydrogen-bond donors (Lipinski definition) is 0. The quantitative estimate of drug-likeness (QED) is 0.534. The zero-order chi connectivity index (χ0) is 21.8. The van der Waals surface area contributed by atoms with Crippen molar-refractivity contribution >= 4 is 43.6 Å². The smallest absolute Gasteiger partial charge is 0.221 e. The molecule has 1 aromatic carbocycles. The fourth-order valence-electron chi connectivity index (χ4n) is 5.57. The van der Waals surface area contributed by atoms with Crippen LogP contribution in [0.2, 0.25) is 43.2 Å². The van der Waals surface area contributed by atoms with E-state index in [4.69, 9.17) is 17.7 Å². The minimum absolute atomic E-state index is 0.813. The van der Waals surface area contributed by atoms with E-state index in [1.807, 2.05) is 0 Å². The number of fused-ring (bicyclic) bond motifs is 1. The highest BCUT2D eigenvalue weighted by Crippen LogP contribution is 2.41. The van der Waals surface area contributed by atoms with Crippen molar-refractivity contribution in [1.29, 1.82) is 0 Å². The van der Waals surface area contributed by atoms with Crippen molar-refractivity contribution in [3.05, 3.63) is 24.3 Å². The van der Waals surface area contributed by atoms with Crippen molar-refractivity contribution in [2.75, 3.05) is 26.4 Å². The number of rotatable bonds is 8. The van der Waals surface area contributed by atoms with E-state index in [-0.39, 0.29) is 0 Å². The van der Waals surface area contributed by atoms with Crippen LogP contribution in [-0.2, 0) is 17.7 Å². The molecule has 166 valence electrons. The Labute approximate surface area is 182 Å². The Morgan fingerprint density at radius 2 is 0.931 bits per heavy atom. The molecule has 0 N–H and O–H groups in total. The Hall–Kier alpha value is -0.0725. The second kappa shape index (κ2) is 10.0. The molecule has 0 spiro atoms. The van der Waals surface area contributed by atoms with E-state index in [0.29, 0.717) is 0 Å². The van der Waals surface area contributed by atoms with Gasteiger partial charge in [0.05, 0.1) is 0 Å². The van der Waals surface area contributed by atoms with Gasteiger partial charge in [-0.3, -0.25) is 0 Å². The summed E-state index contributed by atoms with van der Waals surface area (Å²) in [5.74, 6) is 0. The topological polar surface area (TPSA) is 36.9 Å². The first-order chi connectivity index (χ1) is 13.6. The average Bonchev–Trinajstić information content (AvgIpc) is 2.83. The van der Waals surface area contributed by atoms with E-state index in [2.05, 4.69) is 78.1 Å². The largest absolute Gasteiger partial charge is 0.418 e. The summed E-state index contributed by atoms with van der Waals surface area (Å²) < 4.78 is 23.9. The Morgan fingerprint density at radius 1 is 0.586 bits per heavy atom. The van der Waals surface area contributed by atoms with Crippen LogP contribution in [0.1, 0.15) is 27.7 Å². The molecular formula is C21H42O4Si4. The van der Waals surface area contributed by atoms with Gasteiger partial charge in [-0.25, -0.2) is 0 Å². The van der Waals surface area contributed by atoms with E-state index in [9.17, 15) is 0 Å². The Kier molecular flexibility index (Phi) is 8.71. The molecule has 0 aliphatic carbocycles. The predicted octanol–water partition coefficient (Wildman–Crippen LogP) is 4.18. The van der Waals surface area contributed by atoms with Gasteiger partial charge in [0.1, 0.15) is 0 Å². The molecule has 0 bridgehead atoms. The van der Waals surface area contributed by atoms with Crippen LogP contribution < -0.4 is 10.4 Å². The molecule has 2 aliphatic rings. The minimum Gasteiger partial charge on any atom is -0.418 e. The van der Waals surface area contributed by atoms with Gasteiger partial charge in [-0.15, -0.1) is 0 Å². The Balaban J connectivity index is 0.000000221. The molecule has 0 saturated carbocycles. The lowest BCUT2D eigenvalue weighted by molar-refractivity contribution is 0.293. The molecule has 1 aromatic rings. The van der Waals surface area contributed by atoms with Crippen LogP contribution in [0.5, 0.6) is 0 Å². The zero-order valence-electron chi connectivity index (χ0n) is 19.9. The molecule has 0 radical (unpaired) electrons. The van der Waals surface area contributed by atoms with Crippen molar-refractivity contribution in [3.8, 4) is 0 Å². The molecule has 1 saturated heterocycles. The highest BCUT2D eigenvalue weighted by molar-refractivity contribution is 7.10. The molecule has 2 atom stereocenters. The van der Waals surface area contributed by atoms with E-state index < -0.39 is 33.3 Å². The molecule has 3 rings (SSSR count). The maximum Gasteiger partial charge on any atom is 0.221 e. The first kappa shape index (κ1) is 25.2. The third-order valence-corrected chi connectivity index (χ3v) is 30.7. The molecule has 0 amide bonds. The van der Waals surface area contributed by atoms with Crippen LogP contribution in [-0.4, -0.2) is 59.7 Å². The number of hydrogen-bond acceptors (Lipinski definition) is 4. The molecule has 8 heteroatoms. The highest BCUT2D eigenvalue weighted by atomic mass is 28.5. The Morgan fingerprint density at radius 3 is 1.24 bits per heavy atom. The molecule has 1 fully saturated rings. The van der Waals surface area contributed by atoms with Crippen LogP contribution >= 0.6 is 0 Å². The van der Waals surface area contributed by atoms with Crippen LogP contribution in [0.3, 0.4) is 0 Å². The first-order valence-electron chi connectivity index (χ1n) is 11.2. The summed E-state index contributed by atoms with van der Waals surface area (Å²) >= 11 is 0. The lowest BCUT2D eigenvalue weighted by Gasteiger charge is -2.48. The molecule has 2 heterocycles. The average molecular weight is 471 g/mol. The maximum absolute atomic E-state index is 6.15. The summed E-state index contributed by atoms with van der Waals surface area (Å²) in [6.45, 7) is 21.1. The summed E-state index contributed by atoms with van der Waals surface area (Å²) in [6.07, 6.45) is 0. The first-order valence-corrected chi connectivity index (χ1v) is 22.1. The molecule has 0 aromatic heterocycles. The van der Waals surface area contributed by atoms with Crippen molar-refractivity contribution in [1.82, 2.24) is 0 Å². The zero-order valence-corrected chi connectivity index (χ0v) is 23.9. The SMILES string of the molecule is CCO[Si]1(C)C[Si](C)(OCC)C1.CCO[Si]1(C)C[Si](C)(OCC)c2ccccc21. The van der Waals surface area contributed by atoms with Gasteiger partial charge in [0, 0.05) is 26.4 Å². The Bertz CT molecular complexity index is 615. The lowest BCUT2D eigenvalue weighted by atomic mass is 10.4. The van der Waals surface area contributed by atoms with Gasteiger partial charge in [0.25, 0.3) is 0 Å². The maximum atomic E-state index is 6.15. The lowest BCUT2D eigenvalue weighted by Crippen LogP contribution is -2.62. The summed E-state index contributed by atoms with van der Waals surface area (Å²) in [5.41, 5.74) is 3.78. The van der Waals surface area contributed by atoms with Gasteiger partial charge in [-0.1, -0.05) is 24.3 Å². The normalized spacial score (nSPS) is 35.4. The summed E-state index contributed by atoms with van der Waals surface area (Å²) in [7, 11) is -5.95. The van der Waals surface area contributed by atoms with Gasteiger partial charge >= 0.3 is 0 Å². The fraction of sp³-hybridized carbons (Fsp3) is 0.714. The molecule has 29 heavy (non-hydrogen) atoms. The van der Waals surface area contributed by atoms with Crippen molar-refractivity contribution in [2.24, 2.45) is 0 Å². The van der Waals surface area contributed by atoms with Crippen LogP contribution in [0, 0.1) is 0 Å². The van der Waals surface area contributed by atoms with E-state index >= 15 is 0 Å².